The van der Waals surface area contributed by atoms with E-state index in [0.717, 1.165) is 42.4 Å². The zero-order valence-corrected chi connectivity index (χ0v) is 25.3. The zero-order valence-electron chi connectivity index (χ0n) is 25.3. The van der Waals surface area contributed by atoms with Crippen molar-refractivity contribution in [3.63, 3.8) is 0 Å². The van der Waals surface area contributed by atoms with E-state index >= 15 is 0 Å². The first-order valence-electron chi connectivity index (χ1n) is 15.7. The van der Waals surface area contributed by atoms with E-state index in [2.05, 4.69) is 4.90 Å². The van der Waals surface area contributed by atoms with Crippen molar-refractivity contribution < 1.29 is 29.6 Å². The topological polar surface area (TPSA) is 145 Å². The Labute approximate surface area is 255 Å². The van der Waals surface area contributed by atoms with Crippen LogP contribution in [0.2, 0.25) is 0 Å². The Balaban J connectivity index is 1.29. The van der Waals surface area contributed by atoms with Crippen LogP contribution in [0.5, 0.6) is 5.75 Å². The number of aliphatic hydroxyl groups excluding tert-OH is 1. The highest BCUT2D eigenvalue weighted by molar-refractivity contribution is 5.90. The number of carboxylic acid groups (broad SMARTS) is 1. The summed E-state index contributed by atoms with van der Waals surface area (Å²) in [6.07, 6.45) is 5.77. The minimum atomic E-state index is -2.33. The summed E-state index contributed by atoms with van der Waals surface area (Å²) in [4.78, 5) is 47.9. The van der Waals surface area contributed by atoms with E-state index in [0.29, 0.717) is 48.2 Å². The number of amides is 1. The number of aryl methyl sites for hydroxylation is 1. The highest BCUT2D eigenvalue weighted by Crippen LogP contribution is 2.39. The lowest BCUT2D eigenvalue weighted by molar-refractivity contribution is -0.160. The molecule has 3 aromatic rings. The van der Waals surface area contributed by atoms with Gasteiger partial charge in [0.25, 0.3) is 5.56 Å². The predicted molar refractivity (Wildman–Crippen MR) is 164 cm³/mol. The summed E-state index contributed by atoms with van der Waals surface area (Å²) >= 11 is 0. The highest BCUT2D eigenvalue weighted by Gasteiger charge is 2.41. The van der Waals surface area contributed by atoms with Gasteiger partial charge in [0, 0.05) is 41.2 Å². The minimum absolute atomic E-state index is 0.124. The molecule has 234 valence electrons. The molecule has 1 atom stereocenters. The molecular formula is C33H40N4O7. The molecule has 2 aromatic heterocycles. The summed E-state index contributed by atoms with van der Waals surface area (Å²) in [5.74, 6) is -1.07. The fourth-order valence-electron chi connectivity index (χ4n) is 7.24. The van der Waals surface area contributed by atoms with E-state index < -0.39 is 23.7 Å². The second kappa shape index (κ2) is 11.9. The number of rotatable bonds is 7. The van der Waals surface area contributed by atoms with Crippen LogP contribution in [0.4, 0.5) is 4.79 Å². The van der Waals surface area contributed by atoms with E-state index in [1.807, 2.05) is 13.0 Å². The van der Waals surface area contributed by atoms with E-state index in [-0.39, 0.29) is 30.2 Å². The van der Waals surface area contributed by atoms with Gasteiger partial charge >= 0.3 is 12.1 Å². The molecule has 2 fully saturated rings. The average Bonchev–Trinajstić information content (AvgIpc) is 3.42. The number of fused-ring (bicyclic) bond motifs is 4. The number of ether oxygens (including phenoxy) is 1. The van der Waals surface area contributed by atoms with Gasteiger partial charge in [0.2, 0.25) is 0 Å². The van der Waals surface area contributed by atoms with Crippen LogP contribution in [0.1, 0.15) is 74.6 Å². The van der Waals surface area contributed by atoms with E-state index in [1.165, 1.54) is 36.8 Å². The number of aromatic nitrogens is 2. The summed E-state index contributed by atoms with van der Waals surface area (Å²) in [6.45, 7) is 6.63. The molecule has 0 bridgehead atoms. The molecule has 1 aromatic carbocycles. The Morgan fingerprint density at radius 3 is 2.41 bits per heavy atom. The molecule has 6 rings (SSSR count). The van der Waals surface area contributed by atoms with Crippen molar-refractivity contribution in [2.24, 2.45) is 0 Å². The van der Waals surface area contributed by atoms with Crippen LogP contribution in [0.15, 0.2) is 29.1 Å². The van der Waals surface area contributed by atoms with Crippen molar-refractivity contribution >= 4 is 23.0 Å². The van der Waals surface area contributed by atoms with Gasteiger partial charge in [-0.3, -0.25) is 4.79 Å². The molecule has 11 heteroatoms. The minimum Gasteiger partial charge on any atom is -0.479 e. The second-order valence-corrected chi connectivity index (χ2v) is 12.1. The number of likely N-dealkylation sites (tertiary alicyclic amines) is 2. The van der Waals surface area contributed by atoms with Crippen molar-refractivity contribution in [2.45, 2.75) is 83.6 Å². The first-order valence-corrected chi connectivity index (χ1v) is 15.7. The van der Waals surface area contributed by atoms with Gasteiger partial charge in [-0.25, -0.2) is 14.6 Å². The lowest BCUT2D eigenvalue weighted by atomic mass is 9.87. The molecule has 2 saturated heterocycles. The van der Waals surface area contributed by atoms with Crippen LogP contribution >= 0.6 is 0 Å². The van der Waals surface area contributed by atoms with Crippen molar-refractivity contribution in [3.05, 3.63) is 56.9 Å². The maximum Gasteiger partial charge on any atom is 0.415 e. The molecule has 0 aliphatic carbocycles. The number of hydrogen-bond acceptors (Lipinski definition) is 8. The normalized spacial score (nSPS) is 18.6. The van der Waals surface area contributed by atoms with Gasteiger partial charge < -0.3 is 34.4 Å². The standard InChI is InChI=1S/C33H40N4O7/c1-3-22-23-16-21(44-32(42)36-14-10-20(11-15-36)35-12-6-5-7-13-35)8-9-27(23)34-29-24(22)18-37-28(29)17-26(25(19-38)30(37)39)33(43,4-2)31(40)41/h8-9,16-17,20,38,43H,3-7,10-15,18-19H2,1-2H3,(H,40,41). The zero-order chi connectivity index (χ0) is 31.2. The van der Waals surface area contributed by atoms with Gasteiger partial charge in [-0.05, 0) is 81.4 Å². The van der Waals surface area contributed by atoms with Crippen molar-refractivity contribution in [1.29, 1.82) is 0 Å². The summed E-state index contributed by atoms with van der Waals surface area (Å²) < 4.78 is 7.31. The Kier molecular flexibility index (Phi) is 8.21. The van der Waals surface area contributed by atoms with Gasteiger partial charge in [0.05, 0.1) is 30.1 Å². The number of carboxylic acids is 1. The lowest BCUT2D eigenvalue weighted by Crippen LogP contribution is -2.48. The molecule has 44 heavy (non-hydrogen) atoms. The van der Waals surface area contributed by atoms with Crippen LogP contribution in [0.3, 0.4) is 0 Å². The number of aliphatic carboxylic acids is 1. The molecule has 5 heterocycles. The quantitative estimate of drug-likeness (QED) is 0.288. The summed E-state index contributed by atoms with van der Waals surface area (Å²) in [6, 6.07) is 7.31. The second-order valence-electron chi connectivity index (χ2n) is 12.1. The van der Waals surface area contributed by atoms with Crippen molar-refractivity contribution in [3.8, 4) is 17.1 Å². The Bertz CT molecular complexity index is 1670. The van der Waals surface area contributed by atoms with Crippen LogP contribution in [0.25, 0.3) is 22.3 Å². The van der Waals surface area contributed by atoms with Gasteiger partial charge in [0.15, 0.2) is 5.60 Å². The first kappa shape index (κ1) is 30.2. The fraction of sp³-hybridized carbons (Fsp3) is 0.515. The molecule has 3 aliphatic heterocycles. The third kappa shape index (κ3) is 5.06. The number of carbonyl (C=O) groups excluding carboxylic acids is 1. The SMILES string of the molecule is CCc1c2c(nc3ccc(OC(=O)N4CCC(N5CCCCC5)CC4)cc13)-c1cc(C(O)(CC)C(=O)O)c(CO)c(=O)n1C2. The Morgan fingerprint density at radius 2 is 1.77 bits per heavy atom. The number of hydrogen-bond donors (Lipinski definition) is 3. The van der Waals surface area contributed by atoms with Crippen molar-refractivity contribution in [1.82, 2.24) is 19.4 Å². The molecule has 3 aliphatic rings. The van der Waals surface area contributed by atoms with Crippen LogP contribution in [0, 0.1) is 0 Å². The largest absolute Gasteiger partial charge is 0.479 e. The first-order chi connectivity index (χ1) is 21.2. The fourth-order valence-corrected chi connectivity index (χ4v) is 7.24. The molecule has 3 N–H and O–H groups in total. The van der Waals surface area contributed by atoms with Gasteiger partial charge in [-0.1, -0.05) is 20.3 Å². The Morgan fingerprint density at radius 1 is 1.05 bits per heavy atom. The summed E-state index contributed by atoms with van der Waals surface area (Å²) in [5, 5.41) is 31.6. The van der Waals surface area contributed by atoms with Crippen LogP contribution in [-0.2, 0) is 30.0 Å². The maximum atomic E-state index is 13.5. The number of benzene rings is 1. The monoisotopic (exact) mass is 604 g/mol. The summed E-state index contributed by atoms with van der Waals surface area (Å²) in [7, 11) is 0. The number of aliphatic hydroxyl groups is 2. The smallest absolute Gasteiger partial charge is 0.415 e. The number of pyridine rings is 2. The predicted octanol–water partition coefficient (Wildman–Crippen LogP) is 3.61. The number of carbonyl (C=O) groups is 2. The van der Waals surface area contributed by atoms with Crippen LogP contribution in [-0.4, -0.2) is 79.0 Å². The van der Waals surface area contributed by atoms with Gasteiger partial charge in [-0.2, -0.15) is 0 Å². The number of nitrogens with zero attached hydrogens (tertiary/aromatic N) is 4. The van der Waals surface area contributed by atoms with Crippen molar-refractivity contribution in [2.75, 3.05) is 26.2 Å². The molecule has 0 spiro atoms. The van der Waals surface area contributed by atoms with E-state index in [9.17, 15) is 29.7 Å². The Hall–Kier alpha value is -3.80. The summed E-state index contributed by atoms with van der Waals surface area (Å²) in [5.41, 5.74) is 0.137. The molecule has 1 unspecified atom stereocenters. The van der Waals surface area contributed by atoms with E-state index in [4.69, 9.17) is 9.72 Å². The molecule has 0 radical (unpaired) electrons. The highest BCUT2D eigenvalue weighted by atomic mass is 16.6. The lowest BCUT2D eigenvalue weighted by Gasteiger charge is -2.39. The van der Waals surface area contributed by atoms with Gasteiger partial charge in [0.1, 0.15) is 5.75 Å². The molecular weight excluding hydrogens is 564 g/mol. The third-order valence-corrected chi connectivity index (χ3v) is 9.79. The van der Waals surface area contributed by atoms with Gasteiger partial charge in [-0.15, -0.1) is 0 Å². The molecule has 11 nitrogen and oxygen atoms in total. The molecule has 1 amide bonds. The number of piperidine rings is 2. The van der Waals surface area contributed by atoms with Crippen LogP contribution < -0.4 is 10.3 Å². The third-order valence-electron chi connectivity index (χ3n) is 9.79. The molecule has 0 saturated carbocycles. The average molecular weight is 605 g/mol. The maximum absolute atomic E-state index is 13.5. The van der Waals surface area contributed by atoms with E-state index in [1.54, 1.807) is 17.0 Å².